The fourth-order valence-corrected chi connectivity index (χ4v) is 2.38. The van der Waals surface area contributed by atoms with Crippen LogP contribution in [0.25, 0.3) is 11.4 Å². The van der Waals surface area contributed by atoms with Gasteiger partial charge in [-0.15, -0.1) is 0 Å². The van der Waals surface area contributed by atoms with Gasteiger partial charge in [0.15, 0.2) is 0 Å². The fourth-order valence-electron chi connectivity index (χ4n) is 2.38. The highest BCUT2D eigenvalue weighted by atomic mass is 16.4. The van der Waals surface area contributed by atoms with Gasteiger partial charge in [-0.25, -0.2) is 19.7 Å². The number of carboxylic acid groups (broad SMARTS) is 1. The molecule has 0 bridgehead atoms. The summed E-state index contributed by atoms with van der Waals surface area (Å²) in [6.07, 6.45) is 9.39. The monoisotopic (exact) mass is 338 g/mol. The average molecular weight is 338 g/mol. The first kappa shape index (κ1) is 16.6. The molecule has 0 radical (unpaired) electrons. The number of hydrogen-bond donors (Lipinski definition) is 2. The molecule has 0 saturated heterocycles. The van der Waals surface area contributed by atoms with Crippen LogP contribution in [-0.2, 0) is 6.54 Å². The number of imidazole rings is 1. The second-order valence-corrected chi connectivity index (χ2v) is 5.51. The lowest BCUT2D eigenvalue weighted by Crippen LogP contribution is -2.25. The molecule has 1 unspecified atom stereocenters. The van der Waals surface area contributed by atoms with Crippen molar-refractivity contribution >= 4 is 11.9 Å². The Morgan fingerprint density at radius 2 is 2.08 bits per heavy atom. The summed E-state index contributed by atoms with van der Waals surface area (Å²) >= 11 is 0. The highest BCUT2D eigenvalue weighted by Gasteiger charge is 2.11. The zero-order valence-corrected chi connectivity index (χ0v) is 13.7. The number of hydrogen-bond acceptors (Lipinski definition) is 6. The highest BCUT2D eigenvalue weighted by molar-refractivity contribution is 5.88. The lowest BCUT2D eigenvalue weighted by atomic mass is 10.2. The van der Waals surface area contributed by atoms with Gasteiger partial charge in [-0.2, -0.15) is 0 Å². The molecule has 128 valence electrons. The molecule has 0 aliphatic rings. The van der Waals surface area contributed by atoms with Crippen molar-refractivity contribution in [3.8, 4) is 11.4 Å². The molecule has 8 heteroatoms. The summed E-state index contributed by atoms with van der Waals surface area (Å²) in [4.78, 5) is 28.1. The Morgan fingerprint density at radius 1 is 1.24 bits per heavy atom. The number of anilines is 1. The van der Waals surface area contributed by atoms with E-state index in [0.29, 0.717) is 17.3 Å². The van der Waals surface area contributed by atoms with E-state index < -0.39 is 5.97 Å². The Labute approximate surface area is 144 Å². The minimum atomic E-state index is -0.998. The molecule has 0 spiro atoms. The van der Waals surface area contributed by atoms with Gasteiger partial charge >= 0.3 is 5.97 Å². The Kier molecular flexibility index (Phi) is 4.98. The summed E-state index contributed by atoms with van der Waals surface area (Å²) in [5, 5.41) is 12.4. The molecule has 2 N–H and O–H groups in total. The third kappa shape index (κ3) is 4.17. The molecule has 0 aliphatic carbocycles. The maximum absolute atomic E-state index is 11.1. The van der Waals surface area contributed by atoms with Crippen molar-refractivity contribution in [2.75, 3.05) is 5.32 Å². The van der Waals surface area contributed by atoms with Crippen LogP contribution in [0.5, 0.6) is 0 Å². The van der Waals surface area contributed by atoms with E-state index >= 15 is 0 Å². The Balaban J connectivity index is 1.79. The number of nitrogens with zero attached hydrogens (tertiary/aromatic N) is 5. The van der Waals surface area contributed by atoms with Crippen LogP contribution in [0.3, 0.4) is 0 Å². The van der Waals surface area contributed by atoms with Crippen molar-refractivity contribution in [1.82, 2.24) is 24.5 Å². The van der Waals surface area contributed by atoms with Gasteiger partial charge in [0.25, 0.3) is 0 Å². The molecule has 0 saturated carbocycles. The number of rotatable bonds is 7. The standard InChI is InChI=1S/C17H18N6O2/c1-2-13(10-23-8-7-18-11-23)21-17-20-6-4-14(22-17)15-9-12(16(24)25)3-5-19-15/h3-9,11,13H,2,10H2,1H3,(H,24,25)(H,20,21,22). The van der Waals surface area contributed by atoms with E-state index in [2.05, 4.69) is 32.2 Å². The Hall–Kier alpha value is -3.29. The molecule has 0 aromatic carbocycles. The first-order valence-electron chi connectivity index (χ1n) is 7.90. The molecule has 3 aromatic heterocycles. The zero-order chi connectivity index (χ0) is 17.6. The SMILES string of the molecule is CCC(Cn1ccnc1)Nc1nccc(-c2cc(C(=O)O)ccn2)n1. The largest absolute Gasteiger partial charge is 0.478 e. The van der Waals surface area contributed by atoms with Gasteiger partial charge in [0.05, 0.1) is 23.3 Å². The maximum atomic E-state index is 11.1. The minimum absolute atomic E-state index is 0.141. The van der Waals surface area contributed by atoms with Crippen LogP contribution in [-0.4, -0.2) is 41.6 Å². The third-order valence-electron chi connectivity index (χ3n) is 3.74. The molecule has 1 atom stereocenters. The van der Waals surface area contributed by atoms with E-state index in [1.54, 1.807) is 24.8 Å². The number of carboxylic acids is 1. The first-order chi connectivity index (χ1) is 12.2. The molecule has 3 rings (SSSR count). The Morgan fingerprint density at radius 3 is 2.80 bits per heavy atom. The third-order valence-corrected chi connectivity index (χ3v) is 3.74. The Bertz CT molecular complexity index is 850. The normalized spacial score (nSPS) is 11.9. The van der Waals surface area contributed by atoms with Gasteiger partial charge in [0.2, 0.25) is 5.95 Å². The summed E-state index contributed by atoms with van der Waals surface area (Å²) in [7, 11) is 0. The molecule has 3 aromatic rings. The van der Waals surface area contributed by atoms with Gasteiger partial charge < -0.3 is 15.0 Å². The second-order valence-electron chi connectivity index (χ2n) is 5.51. The number of nitrogens with one attached hydrogen (secondary N) is 1. The van der Waals surface area contributed by atoms with Crippen molar-refractivity contribution in [1.29, 1.82) is 0 Å². The number of pyridine rings is 1. The topological polar surface area (TPSA) is 106 Å². The average Bonchev–Trinajstić information content (AvgIpc) is 3.14. The number of carbonyl (C=O) groups is 1. The van der Waals surface area contributed by atoms with Gasteiger partial charge in [0, 0.05) is 37.4 Å². The van der Waals surface area contributed by atoms with Crippen LogP contribution < -0.4 is 5.32 Å². The van der Waals surface area contributed by atoms with Gasteiger partial charge in [-0.3, -0.25) is 4.98 Å². The van der Waals surface area contributed by atoms with Crippen molar-refractivity contribution in [2.24, 2.45) is 0 Å². The molecule has 0 aliphatic heterocycles. The quantitative estimate of drug-likeness (QED) is 0.681. The van der Waals surface area contributed by atoms with Gasteiger partial charge in [0.1, 0.15) is 0 Å². The summed E-state index contributed by atoms with van der Waals surface area (Å²) < 4.78 is 1.99. The molecule has 25 heavy (non-hydrogen) atoms. The van der Waals surface area contributed by atoms with Crippen LogP contribution in [0.2, 0.25) is 0 Å². The fraction of sp³-hybridized carbons (Fsp3) is 0.235. The summed E-state index contributed by atoms with van der Waals surface area (Å²) in [6.45, 7) is 2.83. The van der Waals surface area contributed by atoms with Crippen LogP contribution in [0.15, 0.2) is 49.3 Å². The molecular formula is C17H18N6O2. The predicted octanol–water partition coefficient (Wildman–Crippen LogP) is 2.32. The number of aromatic carboxylic acids is 1. The van der Waals surface area contributed by atoms with E-state index in [-0.39, 0.29) is 11.6 Å². The van der Waals surface area contributed by atoms with Crippen molar-refractivity contribution in [2.45, 2.75) is 25.9 Å². The summed E-state index contributed by atoms with van der Waals surface area (Å²) in [5.41, 5.74) is 1.23. The second kappa shape index (κ2) is 7.52. The molecule has 8 nitrogen and oxygen atoms in total. The van der Waals surface area contributed by atoms with E-state index in [4.69, 9.17) is 5.11 Å². The molecular weight excluding hydrogens is 320 g/mol. The van der Waals surface area contributed by atoms with Gasteiger partial charge in [-0.1, -0.05) is 6.92 Å². The lowest BCUT2D eigenvalue weighted by Gasteiger charge is -2.17. The van der Waals surface area contributed by atoms with E-state index in [1.165, 1.54) is 18.3 Å². The molecule has 0 fully saturated rings. The minimum Gasteiger partial charge on any atom is -0.478 e. The first-order valence-corrected chi connectivity index (χ1v) is 7.90. The summed E-state index contributed by atoms with van der Waals surface area (Å²) in [5.74, 6) is -0.519. The van der Waals surface area contributed by atoms with Crippen LogP contribution in [0, 0.1) is 0 Å². The van der Waals surface area contributed by atoms with E-state index in [9.17, 15) is 4.79 Å². The van der Waals surface area contributed by atoms with Crippen LogP contribution in [0.4, 0.5) is 5.95 Å². The van der Waals surface area contributed by atoms with E-state index in [1.807, 2.05) is 10.8 Å². The smallest absolute Gasteiger partial charge is 0.335 e. The highest BCUT2D eigenvalue weighted by Crippen LogP contribution is 2.17. The van der Waals surface area contributed by atoms with Crippen molar-refractivity contribution < 1.29 is 9.90 Å². The lowest BCUT2D eigenvalue weighted by molar-refractivity contribution is 0.0697. The zero-order valence-electron chi connectivity index (χ0n) is 13.7. The molecule has 3 heterocycles. The van der Waals surface area contributed by atoms with Crippen LogP contribution >= 0.6 is 0 Å². The van der Waals surface area contributed by atoms with Crippen LogP contribution in [0.1, 0.15) is 23.7 Å². The summed E-state index contributed by atoms with van der Waals surface area (Å²) in [6, 6.07) is 4.79. The van der Waals surface area contributed by atoms with E-state index in [0.717, 1.165) is 13.0 Å². The maximum Gasteiger partial charge on any atom is 0.335 e. The van der Waals surface area contributed by atoms with Gasteiger partial charge in [-0.05, 0) is 24.6 Å². The van der Waals surface area contributed by atoms with Crippen molar-refractivity contribution in [3.05, 3.63) is 54.9 Å². The number of aromatic nitrogens is 5. The van der Waals surface area contributed by atoms with Crippen molar-refractivity contribution in [3.63, 3.8) is 0 Å². The predicted molar refractivity (Wildman–Crippen MR) is 92.2 cm³/mol. The molecule has 0 amide bonds.